The largest absolute Gasteiger partial charge is 0.505 e. The number of para-hydroxylation sites is 1. The summed E-state index contributed by atoms with van der Waals surface area (Å²) < 4.78 is 0. The van der Waals surface area contributed by atoms with Gasteiger partial charge in [-0.25, -0.2) is 0 Å². The van der Waals surface area contributed by atoms with Crippen LogP contribution in [0.4, 0.5) is 5.69 Å². The highest BCUT2D eigenvalue weighted by Crippen LogP contribution is 2.32. The van der Waals surface area contributed by atoms with Crippen molar-refractivity contribution in [2.75, 3.05) is 19.4 Å². The molecule has 27 heavy (non-hydrogen) atoms. The van der Waals surface area contributed by atoms with Gasteiger partial charge in [-0.15, -0.1) is 0 Å². The van der Waals surface area contributed by atoms with E-state index in [0.29, 0.717) is 23.7 Å². The van der Waals surface area contributed by atoms with E-state index in [2.05, 4.69) is 31.4 Å². The third-order valence-electron chi connectivity index (χ3n) is 4.69. The fraction of sp³-hybridized carbons (Fsp3) is 0.524. The van der Waals surface area contributed by atoms with E-state index in [-0.39, 0.29) is 29.0 Å². The molecule has 0 spiro atoms. The molecule has 0 saturated carbocycles. The van der Waals surface area contributed by atoms with Crippen molar-refractivity contribution in [2.45, 2.75) is 52.5 Å². The average molecular weight is 373 g/mol. The van der Waals surface area contributed by atoms with Crippen molar-refractivity contribution >= 4 is 17.4 Å². The Morgan fingerprint density at radius 3 is 2.52 bits per heavy atom. The Morgan fingerprint density at radius 1 is 1.22 bits per heavy atom. The van der Waals surface area contributed by atoms with Crippen molar-refractivity contribution in [1.82, 2.24) is 10.2 Å². The highest BCUT2D eigenvalue weighted by molar-refractivity contribution is 6.07. The van der Waals surface area contributed by atoms with Crippen molar-refractivity contribution in [1.29, 1.82) is 0 Å². The predicted octanol–water partition coefficient (Wildman–Crippen LogP) is 3.49. The lowest BCUT2D eigenvalue weighted by Gasteiger charge is -2.28. The minimum Gasteiger partial charge on any atom is -0.505 e. The van der Waals surface area contributed by atoms with Gasteiger partial charge in [0.05, 0.1) is 17.7 Å². The van der Waals surface area contributed by atoms with Gasteiger partial charge < -0.3 is 20.6 Å². The number of hydrogen-bond acceptors (Lipinski definition) is 5. The van der Waals surface area contributed by atoms with E-state index in [9.17, 15) is 14.7 Å². The van der Waals surface area contributed by atoms with E-state index >= 15 is 0 Å². The Hall–Kier alpha value is -2.50. The molecule has 0 aliphatic heterocycles. The van der Waals surface area contributed by atoms with Crippen LogP contribution in [0.25, 0.3) is 0 Å². The number of amides is 1. The zero-order chi connectivity index (χ0) is 20.1. The normalized spacial score (nSPS) is 14.8. The topological polar surface area (TPSA) is 81.7 Å². The molecule has 0 radical (unpaired) electrons. The first-order chi connectivity index (χ1) is 12.7. The van der Waals surface area contributed by atoms with Crippen LogP contribution in [-0.2, 0) is 4.79 Å². The van der Waals surface area contributed by atoms with Gasteiger partial charge in [0.1, 0.15) is 5.70 Å². The molecule has 2 rings (SSSR count). The average Bonchev–Trinajstić information content (AvgIpc) is 2.59. The first-order valence-electron chi connectivity index (χ1n) is 9.54. The highest BCUT2D eigenvalue weighted by Gasteiger charge is 2.29. The fourth-order valence-corrected chi connectivity index (χ4v) is 3.06. The summed E-state index contributed by atoms with van der Waals surface area (Å²) in [5, 5.41) is 16.8. The fourth-order valence-electron chi connectivity index (χ4n) is 3.06. The maximum Gasteiger partial charge on any atom is 0.257 e. The molecule has 3 N–H and O–H groups in total. The number of nitrogens with one attached hydrogen (secondary N) is 2. The third kappa shape index (κ3) is 5.25. The minimum absolute atomic E-state index is 0.00406. The minimum atomic E-state index is -0.290. The summed E-state index contributed by atoms with van der Waals surface area (Å²) in [4.78, 5) is 25.6. The molecule has 0 saturated heterocycles. The molecule has 0 heterocycles. The number of allylic oxidation sites excluding steroid dienone is 2. The molecule has 0 bridgehead atoms. The molecule has 1 aliphatic rings. The van der Waals surface area contributed by atoms with Crippen molar-refractivity contribution in [3.05, 3.63) is 35.2 Å². The van der Waals surface area contributed by atoms with Crippen LogP contribution in [0.1, 0.15) is 56.8 Å². The molecule has 1 aromatic rings. The molecular weight excluding hydrogens is 342 g/mol. The van der Waals surface area contributed by atoms with Crippen molar-refractivity contribution in [2.24, 2.45) is 5.92 Å². The van der Waals surface area contributed by atoms with E-state index in [1.165, 1.54) is 11.3 Å². The van der Waals surface area contributed by atoms with E-state index in [0.717, 1.165) is 18.5 Å². The zero-order valence-electron chi connectivity index (χ0n) is 16.9. The number of carbonyl (C=O) groups excluding carboxylic acids is 2. The Labute approximate surface area is 161 Å². The monoisotopic (exact) mass is 373 g/mol. The highest BCUT2D eigenvalue weighted by atomic mass is 16.3. The first-order valence-corrected chi connectivity index (χ1v) is 9.54. The summed E-state index contributed by atoms with van der Waals surface area (Å²) in [5.74, 6) is 0.254. The van der Waals surface area contributed by atoms with E-state index in [1.807, 2.05) is 0 Å². The van der Waals surface area contributed by atoms with Gasteiger partial charge in [0.25, 0.3) is 5.91 Å². The number of nitrogens with zero attached hydrogens (tertiary/aromatic N) is 1. The van der Waals surface area contributed by atoms with Crippen molar-refractivity contribution < 1.29 is 14.7 Å². The molecule has 0 fully saturated rings. The van der Waals surface area contributed by atoms with Crippen LogP contribution in [0, 0.1) is 5.92 Å². The summed E-state index contributed by atoms with van der Waals surface area (Å²) in [6, 6.07) is 5.18. The van der Waals surface area contributed by atoms with Crippen LogP contribution < -0.4 is 10.6 Å². The van der Waals surface area contributed by atoms with Crippen LogP contribution in [0.2, 0.25) is 0 Å². The number of benzene rings is 1. The number of rotatable bonds is 9. The SMILES string of the molecule is CC(C)CCCC(C)NC1=C(Nc2cccc(C(=O)N(C)C)c2O)C(=O)C1. The van der Waals surface area contributed by atoms with Crippen LogP contribution in [0.3, 0.4) is 0 Å². The molecule has 6 heteroatoms. The molecule has 148 valence electrons. The lowest BCUT2D eigenvalue weighted by atomic mass is 9.96. The molecule has 1 amide bonds. The van der Waals surface area contributed by atoms with Gasteiger partial charge in [0.15, 0.2) is 11.5 Å². The predicted molar refractivity (Wildman–Crippen MR) is 108 cm³/mol. The van der Waals surface area contributed by atoms with Crippen LogP contribution >= 0.6 is 0 Å². The van der Waals surface area contributed by atoms with Gasteiger partial charge in [0, 0.05) is 25.8 Å². The van der Waals surface area contributed by atoms with Gasteiger partial charge in [-0.05, 0) is 31.4 Å². The van der Waals surface area contributed by atoms with E-state index < -0.39 is 0 Å². The Bertz CT molecular complexity index is 738. The Morgan fingerprint density at radius 2 is 1.93 bits per heavy atom. The number of aromatic hydroxyl groups is 1. The number of Topliss-reactive ketones (excluding diaryl/α,β-unsaturated/α-hetero) is 1. The van der Waals surface area contributed by atoms with Crippen LogP contribution in [0.5, 0.6) is 5.75 Å². The van der Waals surface area contributed by atoms with Crippen LogP contribution in [-0.4, -0.2) is 41.8 Å². The summed E-state index contributed by atoms with van der Waals surface area (Å²) in [5.41, 5.74) is 1.89. The third-order valence-corrected chi connectivity index (χ3v) is 4.69. The number of anilines is 1. The summed E-state index contributed by atoms with van der Waals surface area (Å²) in [6.45, 7) is 6.55. The molecule has 0 aromatic heterocycles. The van der Waals surface area contributed by atoms with Gasteiger partial charge >= 0.3 is 0 Å². The maximum atomic E-state index is 12.2. The molecule has 1 atom stereocenters. The zero-order valence-corrected chi connectivity index (χ0v) is 16.9. The second-order valence-corrected chi connectivity index (χ2v) is 7.85. The first kappa shape index (κ1) is 20.8. The van der Waals surface area contributed by atoms with Gasteiger partial charge in [-0.1, -0.05) is 32.8 Å². The molecule has 1 aromatic carbocycles. The molecule has 1 aliphatic carbocycles. The lowest BCUT2D eigenvalue weighted by Crippen LogP contribution is -2.37. The van der Waals surface area contributed by atoms with Gasteiger partial charge in [0.2, 0.25) is 0 Å². The second-order valence-electron chi connectivity index (χ2n) is 7.85. The van der Waals surface area contributed by atoms with Crippen LogP contribution in [0.15, 0.2) is 29.6 Å². The number of phenolic OH excluding ortho intramolecular Hbond substituents is 1. The molecular formula is C21H31N3O3. The molecule has 6 nitrogen and oxygen atoms in total. The smallest absolute Gasteiger partial charge is 0.257 e. The van der Waals surface area contributed by atoms with Gasteiger partial charge in [-0.3, -0.25) is 9.59 Å². The quantitative estimate of drug-likeness (QED) is 0.577. The lowest BCUT2D eigenvalue weighted by molar-refractivity contribution is -0.116. The Balaban J connectivity index is 2.09. The van der Waals surface area contributed by atoms with Gasteiger partial charge in [-0.2, -0.15) is 0 Å². The Kier molecular flexibility index (Phi) is 6.88. The number of hydrogen-bond donors (Lipinski definition) is 3. The number of ketones is 1. The van der Waals surface area contributed by atoms with E-state index in [1.54, 1.807) is 32.3 Å². The maximum absolute atomic E-state index is 12.2. The summed E-state index contributed by atoms with van der Waals surface area (Å²) >= 11 is 0. The van der Waals surface area contributed by atoms with E-state index in [4.69, 9.17) is 0 Å². The molecule has 1 unspecified atom stereocenters. The summed E-state index contributed by atoms with van der Waals surface area (Å²) in [7, 11) is 3.26. The van der Waals surface area contributed by atoms with Crippen molar-refractivity contribution in [3.63, 3.8) is 0 Å². The summed E-state index contributed by atoms with van der Waals surface area (Å²) in [6.07, 6.45) is 3.75. The standard InChI is InChI=1S/C21H31N3O3/c1-13(2)8-6-9-14(3)22-17-12-18(25)19(17)23-16-11-7-10-15(20(16)26)21(27)24(4)5/h7,10-11,13-14,22-23,26H,6,8-9,12H2,1-5H3. The van der Waals surface area contributed by atoms with Crippen molar-refractivity contribution in [3.8, 4) is 5.75 Å². The number of phenols is 1. The second kappa shape index (κ2) is 8.93. The number of carbonyl (C=O) groups is 2.